The monoisotopic (exact) mass is 505 g/mol. The molecule has 8 nitrogen and oxygen atoms in total. The van der Waals surface area contributed by atoms with Crippen LogP contribution in [0.4, 0.5) is 24.5 Å². The molecule has 3 aromatic heterocycles. The minimum atomic E-state index is -4.66. The van der Waals surface area contributed by atoms with Gasteiger partial charge in [-0.15, -0.1) is 0 Å². The molecule has 0 saturated carbocycles. The largest absolute Gasteiger partial charge is 0.433 e. The van der Waals surface area contributed by atoms with Crippen molar-refractivity contribution in [3.05, 3.63) is 53.7 Å². The Bertz CT molecular complexity index is 1230. The number of fused-ring (bicyclic) bond motifs is 1. The van der Waals surface area contributed by atoms with Crippen LogP contribution in [-0.4, -0.2) is 55.8 Å². The molecule has 4 rings (SSSR count). The Kier molecular flexibility index (Phi) is 7.24. The third-order valence-corrected chi connectivity index (χ3v) is 6.35. The molecule has 4 heterocycles. The van der Waals surface area contributed by atoms with Crippen LogP contribution in [0.3, 0.4) is 0 Å². The zero-order valence-corrected chi connectivity index (χ0v) is 20.2. The number of pyridine rings is 2. The minimum absolute atomic E-state index is 0.114. The van der Waals surface area contributed by atoms with E-state index in [0.29, 0.717) is 43.0 Å². The smallest absolute Gasteiger partial charge is 0.396 e. The molecule has 1 aliphatic rings. The summed E-state index contributed by atoms with van der Waals surface area (Å²) < 4.78 is 41.0. The molecule has 1 amide bonds. The van der Waals surface area contributed by atoms with Gasteiger partial charge in [0.1, 0.15) is 17.0 Å². The molecule has 0 spiro atoms. The number of rotatable bonds is 7. The second-order valence-corrected chi connectivity index (χ2v) is 9.86. The number of hydrogen-bond acceptors (Lipinski definition) is 6. The van der Waals surface area contributed by atoms with Crippen molar-refractivity contribution < 1.29 is 28.2 Å². The van der Waals surface area contributed by atoms with Crippen molar-refractivity contribution >= 4 is 22.9 Å². The van der Waals surface area contributed by atoms with Crippen molar-refractivity contribution in [3.8, 4) is 0 Å². The summed E-state index contributed by atoms with van der Waals surface area (Å²) in [5.74, 6) is -0.550. The Hall–Kier alpha value is -3.18. The molecule has 36 heavy (non-hydrogen) atoms. The maximum absolute atomic E-state index is 13.1. The van der Waals surface area contributed by atoms with Crippen molar-refractivity contribution in [2.24, 2.45) is 5.92 Å². The van der Waals surface area contributed by atoms with Crippen LogP contribution in [-0.2, 0) is 12.6 Å². The highest BCUT2D eigenvalue weighted by Gasteiger charge is 2.33. The maximum atomic E-state index is 13.1. The predicted octanol–water partition coefficient (Wildman–Crippen LogP) is 3.91. The number of amides is 1. The Morgan fingerprint density at radius 1 is 1.17 bits per heavy atom. The molecule has 0 unspecified atom stereocenters. The number of aryl methyl sites for hydroxylation is 1. The van der Waals surface area contributed by atoms with E-state index in [4.69, 9.17) is 0 Å². The third-order valence-electron chi connectivity index (χ3n) is 6.35. The fourth-order valence-corrected chi connectivity index (χ4v) is 4.25. The summed E-state index contributed by atoms with van der Waals surface area (Å²) in [5.41, 5.74) is 0.212. The number of piperidine rings is 1. The summed E-state index contributed by atoms with van der Waals surface area (Å²) in [6, 6.07) is 5.04. The van der Waals surface area contributed by atoms with E-state index < -0.39 is 23.4 Å². The van der Waals surface area contributed by atoms with E-state index in [1.165, 1.54) is 6.07 Å². The number of hydrogen-bond donors (Lipinski definition) is 3. The van der Waals surface area contributed by atoms with E-state index in [-0.39, 0.29) is 18.2 Å². The first-order chi connectivity index (χ1) is 16.9. The quantitative estimate of drug-likeness (QED) is 0.450. The number of carbonyl (C=O) groups is 1. The van der Waals surface area contributed by atoms with Crippen molar-refractivity contribution in [1.29, 1.82) is 0 Å². The van der Waals surface area contributed by atoms with Crippen LogP contribution in [0.5, 0.6) is 0 Å². The van der Waals surface area contributed by atoms with Gasteiger partial charge in [0.25, 0.3) is 5.91 Å². The number of aliphatic hydroxyl groups excluding tert-OH is 1. The number of anilines is 2. The lowest BCUT2D eigenvalue weighted by molar-refractivity contribution is -0.141. The fraction of sp³-hybridized carbons (Fsp3) is 0.480. The number of alkyl halides is 3. The second-order valence-electron chi connectivity index (χ2n) is 9.86. The number of aliphatic hydroxyl groups is 2. The van der Waals surface area contributed by atoms with Gasteiger partial charge in [0.05, 0.1) is 22.7 Å². The van der Waals surface area contributed by atoms with Gasteiger partial charge in [0, 0.05) is 38.2 Å². The Morgan fingerprint density at radius 3 is 2.53 bits per heavy atom. The SMILES string of the molecule is CC(C)(O)CCc1cn2cc(NC(=O)c3cccc(C(F)(F)F)n3)c(N3CCC(CO)CC3)cc2n1. The van der Waals surface area contributed by atoms with Gasteiger partial charge in [0.15, 0.2) is 0 Å². The van der Waals surface area contributed by atoms with Gasteiger partial charge in [-0.2, -0.15) is 13.2 Å². The summed E-state index contributed by atoms with van der Waals surface area (Å²) in [4.78, 5) is 23.2. The Labute approximate surface area is 206 Å². The number of halogens is 3. The molecule has 1 fully saturated rings. The van der Waals surface area contributed by atoms with Crippen LogP contribution in [0.25, 0.3) is 5.65 Å². The van der Waals surface area contributed by atoms with Gasteiger partial charge in [-0.25, -0.2) is 9.97 Å². The van der Waals surface area contributed by atoms with Crippen LogP contribution in [0, 0.1) is 5.92 Å². The maximum Gasteiger partial charge on any atom is 0.433 e. The molecule has 3 aromatic rings. The summed E-state index contributed by atoms with van der Waals surface area (Å²) >= 11 is 0. The molecule has 0 atom stereocenters. The lowest BCUT2D eigenvalue weighted by Crippen LogP contribution is -2.35. The van der Waals surface area contributed by atoms with Crippen LogP contribution in [0.2, 0.25) is 0 Å². The van der Waals surface area contributed by atoms with E-state index in [9.17, 15) is 28.2 Å². The van der Waals surface area contributed by atoms with Crippen LogP contribution in [0.15, 0.2) is 36.7 Å². The molecule has 0 aromatic carbocycles. The van der Waals surface area contributed by atoms with Gasteiger partial charge >= 0.3 is 6.18 Å². The van der Waals surface area contributed by atoms with Crippen LogP contribution >= 0.6 is 0 Å². The molecule has 3 N–H and O–H groups in total. The standard InChI is InChI=1S/C25H30F3N5O3/c1-24(2,36)9-6-17-13-33-14-19(31-23(35)18-4-3-5-21(30-18)25(26,27)28)20(12-22(33)29-17)32-10-7-16(15-34)8-11-32/h3-5,12-14,16,34,36H,6-11,15H2,1-2H3,(H,31,35). The zero-order chi connectivity index (χ0) is 26.1. The number of nitrogens with one attached hydrogen (secondary N) is 1. The van der Waals surface area contributed by atoms with E-state index in [1.54, 1.807) is 30.6 Å². The number of nitrogens with zero attached hydrogens (tertiary/aromatic N) is 4. The average molecular weight is 506 g/mol. The lowest BCUT2D eigenvalue weighted by atomic mass is 9.97. The molecule has 1 saturated heterocycles. The second kappa shape index (κ2) is 10.1. The van der Waals surface area contributed by atoms with Crippen molar-refractivity contribution in [2.75, 3.05) is 29.9 Å². The third kappa shape index (κ3) is 6.14. The van der Waals surface area contributed by atoms with Crippen molar-refractivity contribution in [3.63, 3.8) is 0 Å². The van der Waals surface area contributed by atoms with Crippen molar-refractivity contribution in [1.82, 2.24) is 14.4 Å². The first-order valence-electron chi connectivity index (χ1n) is 11.9. The first-order valence-corrected chi connectivity index (χ1v) is 11.9. The summed E-state index contributed by atoms with van der Waals surface area (Å²) in [7, 11) is 0. The number of imidazole rings is 1. The number of carbonyl (C=O) groups excluding carboxylic acids is 1. The van der Waals surface area contributed by atoms with Gasteiger partial charge in [-0.3, -0.25) is 4.79 Å². The van der Waals surface area contributed by atoms with E-state index in [2.05, 4.69) is 20.2 Å². The Balaban J connectivity index is 1.66. The summed E-state index contributed by atoms with van der Waals surface area (Å²) in [5, 5.41) is 22.3. The average Bonchev–Trinajstić information content (AvgIpc) is 3.23. The molecule has 1 aliphatic heterocycles. The van der Waals surface area contributed by atoms with Gasteiger partial charge in [-0.05, 0) is 57.6 Å². The van der Waals surface area contributed by atoms with Crippen LogP contribution in [0.1, 0.15) is 55.0 Å². The molecular weight excluding hydrogens is 475 g/mol. The topological polar surface area (TPSA) is 103 Å². The van der Waals surface area contributed by atoms with E-state index in [1.807, 2.05) is 6.07 Å². The molecule has 0 aliphatic carbocycles. The predicted molar refractivity (Wildman–Crippen MR) is 129 cm³/mol. The van der Waals surface area contributed by atoms with Gasteiger partial charge in [0.2, 0.25) is 0 Å². The minimum Gasteiger partial charge on any atom is -0.396 e. The number of aromatic nitrogens is 3. The highest BCUT2D eigenvalue weighted by Crippen LogP contribution is 2.32. The van der Waals surface area contributed by atoms with E-state index in [0.717, 1.165) is 30.7 Å². The lowest BCUT2D eigenvalue weighted by Gasteiger charge is -2.34. The molecule has 194 valence electrons. The molecular formula is C25H30F3N5O3. The summed E-state index contributed by atoms with van der Waals surface area (Å²) in [6.45, 7) is 4.87. The van der Waals surface area contributed by atoms with E-state index >= 15 is 0 Å². The van der Waals surface area contributed by atoms with Crippen LogP contribution < -0.4 is 10.2 Å². The molecule has 0 radical (unpaired) electrons. The highest BCUT2D eigenvalue weighted by molar-refractivity contribution is 6.04. The normalized spacial score (nSPS) is 15.5. The zero-order valence-electron chi connectivity index (χ0n) is 20.2. The van der Waals surface area contributed by atoms with Gasteiger partial charge < -0.3 is 24.8 Å². The Morgan fingerprint density at radius 2 is 1.89 bits per heavy atom. The molecule has 0 bridgehead atoms. The fourth-order valence-electron chi connectivity index (χ4n) is 4.25. The summed E-state index contributed by atoms with van der Waals surface area (Å²) in [6.07, 6.45) is 1.45. The molecule has 11 heteroatoms. The van der Waals surface area contributed by atoms with Gasteiger partial charge in [-0.1, -0.05) is 6.07 Å². The van der Waals surface area contributed by atoms with Crippen molar-refractivity contribution in [2.45, 2.75) is 51.3 Å². The highest BCUT2D eigenvalue weighted by atomic mass is 19.4. The first kappa shape index (κ1) is 25.9.